The van der Waals surface area contributed by atoms with E-state index in [0.717, 1.165) is 5.56 Å². The van der Waals surface area contributed by atoms with Gasteiger partial charge in [-0.05, 0) is 43.3 Å². The Balaban J connectivity index is 1.62. The summed E-state index contributed by atoms with van der Waals surface area (Å²) < 4.78 is 12.8. The van der Waals surface area contributed by atoms with Crippen molar-refractivity contribution in [2.75, 3.05) is 5.32 Å². The highest BCUT2D eigenvalue weighted by atomic mass is 19.1. The first-order valence-electron chi connectivity index (χ1n) is 7.27. The number of pyridine rings is 1. The van der Waals surface area contributed by atoms with Crippen LogP contribution < -0.4 is 10.6 Å². The lowest BCUT2D eigenvalue weighted by atomic mass is 10.3. The summed E-state index contributed by atoms with van der Waals surface area (Å²) in [5, 5.41) is 12.3. The summed E-state index contributed by atoms with van der Waals surface area (Å²) in [5.41, 5.74) is 1.28. The minimum atomic E-state index is -0.423. The van der Waals surface area contributed by atoms with Gasteiger partial charge in [0.05, 0.1) is 6.04 Å². The molecule has 3 rings (SSSR count). The second-order valence-electron chi connectivity index (χ2n) is 5.11. The molecule has 0 unspecified atom stereocenters. The minimum absolute atomic E-state index is 0.362. The Kier molecular flexibility index (Phi) is 4.46. The number of anilines is 1. The lowest BCUT2D eigenvalue weighted by Crippen LogP contribution is -2.31. The molecule has 0 spiro atoms. The maximum Gasteiger partial charge on any atom is 0.319 e. The van der Waals surface area contributed by atoms with Crippen molar-refractivity contribution in [3.05, 3.63) is 60.4 Å². The zero-order valence-electron chi connectivity index (χ0n) is 12.8. The number of rotatable bonds is 4. The number of carbonyl (C=O) groups excluding carboxylic acids is 1. The first-order valence-corrected chi connectivity index (χ1v) is 7.27. The Morgan fingerprint density at radius 2 is 2.04 bits per heavy atom. The number of nitrogens with one attached hydrogen (secondary N) is 3. The molecule has 0 saturated carbocycles. The maximum atomic E-state index is 12.8. The molecule has 8 heteroatoms. The van der Waals surface area contributed by atoms with Crippen LogP contribution in [0.25, 0.3) is 11.4 Å². The second kappa shape index (κ2) is 6.86. The number of carbonyl (C=O) groups is 1. The Hall–Kier alpha value is -3.29. The molecule has 0 aliphatic carbocycles. The number of H-pyrrole nitrogens is 1. The highest BCUT2D eigenvalue weighted by molar-refractivity contribution is 5.89. The fourth-order valence-electron chi connectivity index (χ4n) is 2.06. The Labute approximate surface area is 137 Å². The van der Waals surface area contributed by atoms with E-state index >= 15 is 0 Å². The standard InChI is InChI=1S/C16H15FN6O/c1-10(19-16(24)20-13-6-4-12(17)5-7-13)14-21-15(23-22-14)11-3-2-8-18-9-11/h2-10H,1H3,(H2,19,20,24)(H,21,22,23)/t10-/m1/s1. The van der Waals surface area contributed by atoms with Crippen molar-refractivity contribution in [2.24, 2.45) is 0 Å². The smallest absolute Gasteiger partial charge is 0.319 e. The maximum absolute atomic E-state index is 12.8. The monoisotopic (exact) mass is 326 g/mol. The molecule has 3 aromatic rings. The average Bonchev–Trinajstić information content (AvgIpc) is 3.08. The summed E-state index contributed by atoms with van der Waals surface area (Å²) in [6.45, 7) is 1.78. The first-order chi connectivity index (χ1) is 11.6. The molecule has 0 aliphatic rings. The molecule has 2 heterocycles. The Morgan fingerprint density at radius 1 is 1.25 bits per heavy atom. The molecule has 24 heavy (non-hydrogen) atoms. The number of urea groups is 1. The highest BCUT2D eigenvalue weighted by Gasteiger charge is 2.14. The van der Waals surface area contributed by atoms with Crippen LogP contribution in [0.1, 0.15) is 18.8 Å². The molecule has 0 aliphatic heterocycles. The summed E-state index contributed by atoms with van der Waals surface area (Å²) in [7, 11) is 0. The summed E-state index contributed by atoms with van der Waals surface area (Å²) in [6.07, 6.45) is 3.33. The van der Waals surface area contributed by atoms with Gasteiger partial charge in [-0.2, -0.15) is 5.10 Å². The van der Waals surface area contributed by atoms with E-state index in [-0.39, 0.29) is 11.9 Å². The van der Waals surface area contributed by atoms with Crippen LogP contribution in [0.5, 0.6) is 0 Å². The average molecular weight is 326 g/mol. The van der Waals surface area contributed by atoms with Crippen molar-refractivity contribution < 1.29 is 9.18 Å². The lowest BCUT2D eigenvalue weighted by Gasteiger charge is -2.12. The van der Waals surface area contributed by atoms with Gasteiger partial charge >= 0.3 is 6.03 Å². The molecule has 2 aromatic heterocycles. The number of nitrogens with zero attached hydrogens (tertiary/aromatic N) is 3. The van der Waals surface area contributed by atoms with Gasteiger partial charge in [-0.3, -0.25) is 10.1 Å². The van der Waals surface area contributed by atoms with E-state index in [2.05, 4.69) is 30.8 Å². The van der Waals surface area contributed by atoms with Gasteiger partial charge < -0.3 is 10.6 Å². The topological polar surface area (TPSA) is 95.6 Å². The zero-order valence-corrected chi connectivity index (χ0v) is 12.8. The first kappa shape index (κ1) is 15.6. The van der Waals surface area contributed by atoms with Gasteiger partial charge in [-0.25, -0.2) is 14.2 Å². The van der Waals surface area contributed by atoms with Crippen molar-refractivity contribution in [3.8, 4) is 11.4 Å². The molecule has 2 amide bonds. The van der Waals surface area contributed by atoms with Crippen LogP contribution in [0.4, 0.5) is 14.9 Å². The Bertz CT molecular complexity index is 818. The van der Waals surface area contributed by atoms with Crippen LogP contribution in [0.15, 0.2) is 48.8 Å². The van der Waals surface area contributed by atoms with E-state index in [0.29, 0.717) is 17.3 Å². The predicted octanol–water partition coefficient (Wildman–Crippen LogP) is 2.89. The van der Waals surface area contributed by atoms with Crippen LogP contribution in [-0.4, -0.2) is 26.2 Å². The van der Waals surface area contributed by atoms with Crippen molar-refractivity contribution in [3.63, 3.8) is 0 Å². The van der Waals surface area contributed by atoms with Crippen molar-refractivity contribution >= 4 is 11.7 Å². The molecule has 7 nitrogen and oxygen atoms in total. The number of aromatic nitrogens is 4. The molecule has 122 valence electrons. The van der Waals surface area contributed by atoms with Crippen LogP contribution in [0.3, 0.4) is 0 Å². The van der Waals surface area contributed by atoms with Crippen LogP contribution in [0.2, 0.25) is 0 Å². The van der Waals surface area contributed by atoms with E-state index < -0.39 is 6.03 Å². The van der Waals surface area contributed by atoms with Gasteiger partial charge in [0.1, 0.15) is 11.6 Å². The minimum Gasteiger partial charge on any atom is -0.328 e. The predicted molar refractivity (Wildman–Crippen MR) is 86.6 cm³/mol. The fourth-order valence-corrected chi connectivity index (χ4v) is 2.06. The normalized spacial score (nSPS) is 11.8. The van der Waals surface area contributed by atoms with Gasteiger partial charge in [-0.1, -0.05) is 0 Å². The SMILES string of the molecule is C[C@@H](NC(=O)Nc1ccc(F)cc1)c1nc(-c2cccnc2)n[nH]1. The quantitative estimate of drug-likeness (QED) is 0.687. The molecule has 0 radical (unpaired) electrons. The third-order valence-electron chi connectivity index (χ3n) is 3.28. The number of hydrogen-bond donors (Lipinski definition) is 3. The number of benzene rings is 1. The van der Waals surface area contributed by atoms with Crippen molar-refractivity contribution in [1.82, 2.24) is 25.5 Å². The summed E-state index contributed by atoms with van der Waals surface area (Å²) in [6, 6.07) is 8.34. The summed E-state index contributed by atoms with van der Waals surface area (Å²) in [4.78, 5) is 20.3. The van der Waals surface area contributed by atoms with E-state index in [1.54, 1.807) is 25.4 Å². The van der Waals surface area contributed by atoms with Crippen molar-refractivity contribution in [1.29, 1.82) is 0 Å². The van der Waals surface area contributed by atoms with Gasteiger partial charge in [0.25, 0.3) is 0 Å². The second-order valence-corrected chi connectivity index (χ2v) is 5.11. The lowest BCUT2D eigenvalue weighted by molar-refractivity contribution is 0.249. The number of halogens is 1. The molecule has 3 N–H and O–H groups in total. The molecule has 0 bridgehead atoms. The summed E-state index contributed by atoms with van der Waals surface area (Å²) in [5.74, 6) is 0.660. The largest absolute Gasteiger partial charge is 0.328 e. The van der Waals surface area contributed by atoms with Gasteiger partial charge in [-0.15, -0.1) is 0 Å². The molecular formula is C16H15FN6O. The van der Waals surface area contributed by atoms with E-state index in [4.69, 9.17) is 0 Å². The molecule has 1 aromatic carbocycles. The van der Waals surface area contributed by atoms with Crippen LogP contribution in [-0.2, 0) is 0 Å². The van der Waals surface area contributed by atoms with Crippen LogP contribution >= 0.6 is 0 Å². The van der Waals surface area contributed by atoms with E-state index in [1.807, 2.05) is 6.07 Å². The van der Waals surface area contributed by atoms with E-state index in [1.165, 1.54) is 24.3 Å². The van der Waals surface area contributed by atoms with E-state index in [9.17, 15) is 9.18 Å². The third-order valence-corrected chi connectivity index (χ3v) is 3.28. The summed E-state index contributed by atoms with van der Waals surface area (Å²) >= 11 is 0. The third kappa shape index (κ3) is 3.72. The zero-order chi connectivity index (χ0) is 16.9. The molecule has 0 saturated heterocycles. The highest BCUT2D eigenvalue weighted by Crippen LogP contribution is 2.15. The van der Waals surface area contributed by atoms with Gasteiger partial charge in [0.2, 0.25) is 0 Å². The number of aromatic amines is 1. The number of hydrogen-bond acceptors (Lipinski definition) is 4. The fraction of sp³-hybridized carbons (Fsp3) is 0.125. The van der Waals surface area contributed by atoms with Gasteiger partial charge in [0, 0.05) is 23.6 Å². The molecular weight excluding hydrogens is 311 g/mol. The van der Waals surface area contributed by atoms with Gasteiger partial charge in [0.15, 0.2) is 5.82 Å². The number of amides is 2. The Morgan fingerprint density at radius 3 is 2.75 bits per heavy atom. The molecule has 0 fully saturated rings. The van der Waals surface area contributed by atoms with Crippen molar-refractivity contribution in [2.45, 2.75) is 13.0 Å². The molecule has 1 atom stereocenters. The van der Waals surface area contributed by atoms with Crippen LogP contribution in [0, 0.1) is 5.82 Å².